The van der Waals surface area contributed by atoms with Gasteiger partial charge in [0.15, 0.2) is 8.32 Å². The van der Waals surface area contributed by atoms with Crippen LogP contribution in [0.3, 0.4) is 0 Å². The first-order chi connectivity index (χ1) is 23.9. The third-order valence-corrected chi connectivity index (χ3v) is 17.9. The molecule has 0 heterocycles. The number of carbonyl (C=O) groups excluding carboxylic acids is 1. The summed E-state index contributed by atoms with van der Waals surface area (Å²) in [4.78, 5) is 15.4. The highest BCUT2D eigenvalue weighted by Crippen LogP contribution is 2.62. The molecular weight excluding hydrogens is 661 g/mol. The van der Waals surface area contributed by atoms with Crippen LogP contribution in [-0.4, -0.2) is 75.2 Å². The minimum Gasteiger partial charge on any atom is -0.497 e. The van der Waals surface area contributed by atoms with Gasteiger partial charge in [0, 0.05) is 18.9 Å². The molecule has 0 aromatic heterocycles. The second-order valence-electron chi connectivity index (χ2n) is 17.5. The van der Waals surface area contributed by atoms with Gasteiger partial charge >= 0.3 is 0 Å². The quantitative estimate of drug-likeness (QED) is 0.172. The molecule has 8 nitrogen and oxygen atoms in total. The highest BCUT2D eigenvalue weighted by molar-refractivity contribution is 6.74. The van der Waals surface area contributed by atoms with Crippen LogP contribution < -0.4 is 4.74 Å². The van der Waals surface area contributed by atoms with E-state index in [0.29, 0.717) is 25.9 Å². The maximum atomic E-state index is 15.4. The first-order valence-corrected chi connectivity index (χ1v) is 21.5. The van der Waals surface area contributed by atoms with E-state index in [2.05, 4.69) is 47.7 Å². The molecule has 0 unspecified atom stereocenters. The number of methoxy groups -OCH3 is 2. The summed E-state index contributed by atoms with van der Waals surface area (Å²) in [5.74, 6) is -0.653. The molecular formula is C42H62O8Si. The van der Waals surface area contributed by atoms with Crippen LogP contribution in [0.5, 0.6) is 5.75 Å². The Labute approximate surface area is 307 Å². The topological polar surface area (TPSA) is 104 Å². The van der Waals surface area contributed by atoms with Crippen LogP contribution in [0.4, 0.5) is 0 Å². The fourth-order valence-corrected chi connectivity index (χ4v) is 10.3. The van der Waals surface area contributed by atoms with E-state index in [0.717, 1.165) is 16.9 Å². The summed E-state index contributed by atoms with van der Waals surface area (Å²) in [6, 6.07) is 17.7. The molecule has 2 bridgehead atoms. The molecule has 9 heteroatoms. The molecule has 2 saturated carbocycles. The number of aliphatic hydroxyl groups is 2. The Morgan fingerprint density at radius 3 is 2.20 bits per heavy atom. The summed E-state index contributed by atoms with van der Waals surface area (Å²) in [7, 11) is 0.789. The van der Waals surface area contributed by atoms with Gasteiger partial charge in [0.25, 0.3) is 0 Å². The van der Waals surface area contributed by atoms with Gasteiger partial charge in [-0.25, -0.2) is 0 Å². The summed E-state index contributed by atoms with van der Waals surface area (Å²) in [6.07, 6.45) is 3.38. The normalized spacial score (nSPS) is 33.6. The Hall–Kier alpha value is -2.37. The third kappa shape index (κ3) is 7.29. The Kier molecular flexibility index (Phi) is 11.6. The largest absolute Gasteiger partial charge is 0.497 e. The average Bonchev–Trinajstić information content (AvgIpc) is 3.33. The number of ketones is 1. The van der Waals surface area contributed by atoms with Crippen LogP contribution in [-0.2, 0) is 36.6 Å². The molecule has 3 aliphatic rings. The number of Topliss-reactive ketones (excluding diaryl/α,β-unsaturated/α-hetero) is 1. The highest BCUT2D eigenvalue weighted by atomic mass is 28.4. The van der Waals surface area contributed by atoms with Gasteiger partial charge in [0.05, 0.1) is 56.8 Å². The molecule has 282 valence electrons. The lowest BCUT2D eigenvalue weighted by atomic mass is 9.56. The van der Waals surface area contributed by atoms with Crippen molar-refractivity contribution in [1.29, 1.82) is 0 Å². The fourth-order valence-electron chi connectivity index (χ4n) is 8.93. The van der Waals surface area contributed by atoms with E-state index >= 15 is 4.79 Å². The molecule has 0 spiro atoms. The second kappa shape index (κ2) is 14.8. The van der Waals surface area contributed by atoms with E-state index in [4.69, 9.17) is 23.4 Å². The number of fused-ring (bicyclic) bond motifs is 3. The number of carbonyl (C=O) groups is 1. The van der Waals surface area contributed by atoms with Crippen molar-refractivity contribution in [2.75, 3.05) is 27.4 Å². The average molecular weight is 723 g/mol. The minimum atomic E-state index is -2.47. The monoisotopic (exact) mass is 722 g/mol. The van der Waals surface area contributed by atoms with Crippen molar-refractivity contribution in [3.05, 3.63) is 77.9 Å². The summed E-state index contributed by atoms with van der Waals surface area (Å²) in [6.45, 7) is 18.0. The maximum absolute atomic E-state index is 15.4. The SMILES string of the molecule is COC[C@@H]1C(=O)[C@]2(C)[C@@H](O)C=C[C@](COCc3ccc(OC)cc3)(OCc3ccccc3)[C@H]2C[C@H](O[Si](C)(C)C(C)(C)C)[C@]2(O)CC[C@@H]1C2(C)C. The molecule has 0 saturated heterocycles. The van der Waals surface area contributed by atoms with E-state index < -0.39 is 54.4 Å². The lowest BCUT2D eigenvalue weighted by Crippen LogP contribution is -2.63. The van der Waals surface area contributed by atoms with Gasteiger partial charge in [-0.1, -0.05) is 89.2 Å². The molecule has 2 fully saturated rings. The van der Waals surface area contributed by atoms with E-state index in [9.17, 15) is 10.2 Å². The summed E-state index contributed by atoms with van der Waals surface area (Å²) in [5, 5.41) is 25.0. The molecule has 0 amide bonds. The lowest BCUT2D eigenvalue weighted by molar-refractivity contribution is -0.190. The molecule has 0 radical (unpaired) electrons. The van der Waals surface area contributed by atoms with Gasteiger partial charge in [-0.05, 0) is 78.9 Å². The van der Waals surface area contributed by atoms with Gasteiger partial charge in [0.2, 0.25) is 0 Å². The van der Waals surface area contributed by atoms with E-state index in [1.807, 2.05) is 67.6 Å². The van der Waals surface area contributed by atoms with Crippen molar-refractivity contribution in [2.24, 2.45) is 28.6 Å². The fraction of sp³-hybridized carbons (Fsp3) is 0.643. The van der Waals surface area contributed by atoms with E-state index in [-0.39, 0.29) is 36.6 Å². The molecule has 2 aromatic rings. The molecule has 3 aliphatic carbocycles. The van der Waals surface area contributed by atoms with Gasteiger partial charge < -0.3 is 33.6 Å². The Balaban J connectivity index is 1.67. The van der Waals surface area contributed by atoms with Gasteiger partial charge in [0.1, 0.15) is 17.1 Å². The molecule has 2 aromatic carbocycles. The van der Waals surface area contributed by atoms with Crippen LogP contribution in [0.1, 0.15) is 71.9 Å². The Bertz CT molecular complexity index is 1520. The van der Waals surface area contributed by atoms with Crippen LogP contribution in [0.2, 0.25) is 18.1 Å². The van der Waals surface area contributed by atoms with Gasteiger partial charge in [-0.15, -0.1) is 0 Å². The number of aliphatic hydroxyl groups excluding tert-OH is 1. The van der Waals surface area contributed by atoms with Crippen molar-refractivity contribution >= 4 is 14.1 Å². The lowest BCUT2D eigenvalue weighted by Gasteiger charge is -2.54. The van der Waals surface area contributed by atoms with Crippen molar-refractivity contribution in [1.82, 2.24) is 0 Å². The second-order valence-corrected chi connectivity index (χ2v) is 22.3. The zero-order valence-electron chi connectivity index (χ0n) is 32.5. The van der Waals surface area contributed by atoms with Gasteiger partial charge in [-0.2, -0.15) is 0 Å². The molecule has 5 rings (SSSR count). The predicted octanol–water partition coefficient (Wildman–Crippen LogP) is 7.51. The maximum Gasteiger partial charge on any atom is 0.192 e. The van der Waals surface area contributed by atoms with Crippen molar-refractivity contribution in [3.63, 3.8) is 0 Å². The smallest absolute Gasteiger partial charge is 0.192 e. The van der Waals surface area contributed by atoms with Crippen LogP contribution >= 0.6 is 0 Å². The van der Waals surface area contributed by atoms with Crippen LogP contribution in [0.25, 0.3) is 0 Å². The van der Waals surface area contributed by atoms with E-state index in [1.165, 1.54) is 0 Å². The number of rotatable bonds is 12. The minimum absolute atomic E-state index is 0.0654. The number of hydrogen-bond acceptors (Lipinski definition) is 8. The first-order valence-electron chi connectivity index (χ1n) is 18.6. The Morgan fingerprint density at radius 1 is 0.941 bits per heavy atom. The zero-order valence-corrected chi connectivity index (χ0v) is 33.5. The molecule has 0 aliphatic heterocycles. The summed E-state index contributed by atoms with van der Waals surface area (Å²) >= 11 is 0. The third-order valence-electron chi connectivity index (χ3n) is 13.4. The number of hydrogen-bond donors (Lipinski definition) is 2. The molecule has 51 heavy (non-hydrogen) atoms. The highest BCUT2D eigenvalue weighted by Gasteiger charge is 2.68. The van der Waals surface area contributed by atoms with Crippen molar-refractivity contribution < 1.29 is 38.4 Å². The standard InChI is InChI=1S/C42H62O8Si/c1-38(2,3)51(9,10)50-36-24-34-40(6,37(44)32(27-46-7)33-20-23-42(36,45)39(33,4)5)35(43)21-22-41(34,49-26-29-14-12-11-13-15-29)28-48-25-30-16-18-31(47-8)19-17-30/h11-19,21-22,32-36,43,45H,20,23-28H2,1-10H3/t32-,33-,34-,35-,36-,40-,41+,42+/m0/s1. The number of benzene rings is 2. The van der Waals surface area contributed by atoms with Crippen molar-refractivity contribution in [3.8, 4) is 5.75 Å². The van der Waals surface area contributed by atoms with Gasteiger partial charge in [-0.3, -0.25) is 4.79 Å². The first kappa shape index (κ1) is 39.8. The van der Waals surface area contributed by atoms with Crippen LogP contribution in [0.15, 0.2) is 66.7 Å². The number of ether oxygens (including phenoxy) is 4. The molecule has 2 N–H and O–H groups in total. The summed E-state index contributed by atoms with van der Waals surface area (Å²) < 4.78 is 32.1. The van der Waals surface area contributed by atoms with E-state index in [1.54, 1.807) is 20.3 Å². The van der Waals surface area contributed by atoms with Crippen LogP contribution in [0, 0.1) is 28.6 Å². The summed E-state index contributed by atoms with van der Waals surface area (Å²) in [5.41, 5.74) is -2.43. The molecule has 8 atom stereocenters. The Morgan fingerprint density at radius 2 is 1.59 bits per heavy atom. The van der Waals surface area contributed by atoms with Crippen molar-refractivity contribution in [2.45, 2.75) is 116 Å². The predicted molar refractivity (Wildman–Crippen MR) is 202 cm³/mol. The zero-order chi connectivity index (χ0) is 37.5.